The minimum Gasteiger partial charge on any atom is -0.352 e. The van der Waals surface area contributed by atoms with Crippen molar-refractivity contribution in [3.63, 3.8) is 0 Å². The van der Waals surface area contributed by atoms with Gasteiger partial charge in [-0.15, -0.1) is 11.3 Å². The number of nitrogens with one attached hydrogen (secondary N) is 1. The summed E-state index contributed by atoms with van der Waals surface area (Å²) in [6.07, 6.45) is -3.15. The van der Waals surface area contributed by atoms with Gasteiger partial charge in [0, 0.05) is 26.2 Å². The molecule has 0 saturated carbocycles. The molecule has 9 heteroatoms. The van der Waals surface area contributed by atoms with Crippen molar-refractivity contribution in [1.82, 2.24) is 20.1 Å². The average molecular weight is 354 g/mol. The van der Waals surface area contributed by atoms with Crippen molar-refractivity contribution in [3.8, 4) is 0 Å². The summed E-state index contributed by atoms with van der Waals surface area (Å²) in [7, 11) is 1.34. The molecule has 1 N–H and O–H groups in total. The molecule has 24 heavy (non-hydrogen) atoms. The molecule has 0 radical (unpaired) electrons. The number of para-hydroxylation sites is 1. The van der Waals surface area contributed by atoms with Crippen molar-refractivity contribution < 1.29 is 18.0 Å². The van der Waals surface area contributed by atoms with E-state index in [0.717, 1.165) is 26.1 Å². The number of halogens is 3. The third-order valence-electron chi connectivity index (χ3n) is 3.30. The zero-order valence-electron chi connectivity index (χ0n) is 12.6. The van der Waals surface area contributed by atoms with E-state index in [1.165, 1.54) is 18.4 Å². The Labute approximate surface area is 139 Å². The van der Waals surface area contributed by atoms with Gasteiger partial charge in [-0.3, -0.25) is 9.48 Å². The highest BCUT2D eigenvalue weighted by molar-refractivity contribution is 7.18. The lowest BCUT2D eigenvalue weighted by Gasteiger charge is -2.06. The summed E-state index contributed by atoms with van der Waals surface area (Å²) in [6, 6.07) is 7.63. The number of fused-ring (bicyclic) bond motifs is 1. The molecule has 126 valence electrons. The summed E-state index contributed by atoms with van der Waals surface area (Å²) >= 11 is 1.50. The Morgan fingerprint density at radius 2 is 2.08 bits per heavy atom. The molecule has 0 spiro atoms. The Morgan fingerprint density at radius 3 is 2.79 bits per heavy atom. The molecule has 1 amide bonds. The second kappa shape index (κ2) is 6.23. The number of rotatable bonds is 4. The molecule has 0 saturated heterocycles. The van der Waals surface area contributed by atoms with Crippen LogP contribution < -0.4 is 5.32 Å². The lowest BCUT2D eigenvalue weighted by molar-refractivity contribution is -0.141. The smallest absolute Gasteiger partial charge is 0.352 e. The fourth-order valence-corrected chi connectivity index (χ4v) is 3.24. The van der Waals surface area contributed by atoms with Crippen molar-refractivity contribution in [1.29, 1.82) is 0 Å². The van der Waals surface area contributed by atoms with Crippen LogP contribution >= 0.6 is 11.3 Å². The molecule has 0 fully saturated rings. The van der Waals surface area contributed by atoms with Crippen molar-refractivity contribution in [2.24, 2.45) is 7.05 Å². The Balaban J connectivity index is 1.66. The monoisotopic (exact) mass is 354 g/mol. The van der Waals surface area contributed by atoms with Crippen LogP contribution in [0.15, 0.2) is 30.5 Å². The van der Waals surface area contributed by atoms with Crippen LogP contribution in [0.1, 0.15) is 21.1 Å². The van der Waals surface area contributed by atoms with E-state index in [2.05, 4.69) is 15.4 Å². The largest absolute Gasteiger partial charge is 0.435 e. The molecular weight excluding hydrogens is 341 g/mol. The maximum absolute atomic E-state index is 12.9. The summed E-state index contributed by atoms with van der Waals surface area (Å²) < 4.78 is 40.6. The zero-order valence-corrected chi connectivity index (χ0v) is 13.4. The molecule has 3 rings (SSSR count). The third kappa shape index (κ3) is 3.40. The van der Waals surface area contributed by atoms with E-state index < -0.39 is 23.3 Å². The van der Waals surface area contributed by atoms with E-state index >= 15 is 0 Å². The van der Waals surface area contributed by atoms with Gasteiger partial charge in [0.05, 0.1) is 20.8 Å². The molecule has 0 atom stereocenters. The lowest BCUT2D eigenvalue weighted by Crippen LogP contribution is -2.27. The van der Waals surface area contributed by atoms with Crippen LogP contribution in [0.5, 0.6) is 0 Å². The number of aromatic nitrogens is 3. The zero-order chi connectivity index (χ0) is 17.3. The second-order valence-electron chi connectivity index (χ2n) is 5.14. The van der Waals surface area contributed by atoms with E-state index in [0.29, 0.717) is 6.42 Å². The molecule has 2 aromatic heterocycles. The van der Waals surface area contributed by atoms with Crippen LogP contribution in [0.25, 0.3) is 10.2 Å². The van der Waals surface area contributed by atoms with Gasteiger partial charge in [-0.2, -0.15) is 18.3 Å². The van der Waals surface area contributed by atoms with Gasteiger partial charge in [0.25, 0.3) is 5.91 Å². The van der Waals surface area contributed by atoms with Crippen LogP contribution in [0.3, 0.4) is 0 Å². The Bertz CT molecular complexity index is 851. The maximum Gasteiger partial charge on any atom is 0.435 e. The number of nitrogens with zero attached hydrogens (tertiary/aromatic N) is 3. The Morgan fingerprint density at radius 1 is 1.33 bits per heavy atom. The molecule has 2 heterocycles. The fraction of sp³-hybridized carbons (Fsp3) is 0.267. The van der Waals surface area contributed by atoms with Gasteiger partial charge in [-0.25, -0.2) is 4.98 Å². The number of aryl methyl sites for hydroxylation is 1. The molecule has 0 aliphatic carbocycles. The lowest BCUT2D eigenvalue weighted by atomic mass is 10.2. The van der Waals surface area contributed by atoms with Gasteiger partial charge < -0.3 is 5.32 Å². The van der Waals surface area contributed by atoms with Crippen molar-refractivity contribution in [2.75, 3.05) is 6.54 Å². The quantitative estimate of drug-likeness (QED) is 0.783. The summed E-state index contributed by atoms with van der Waals surface area (Å²) in [6.45, 7) is 0.199. The summed E-state index contributed by atoms with van der Waals surface area (Å²) in [5, 5.41) is 6.63. The molecule has 5 nitrogen and oxygen atoms in total. The number of alkyl halides is 3. The number of carbonyl (C=O) groups excluding carboxylic acids is 1. The number of carbonyl (C=O) groups is 1. The Hall–Kier alpha value is -2.42. The second-order valence-corrected chi connectivity index (χ2v) is 6.26. The van der Waals surface area contributed by atoms with Gasteiger partial charge in [0.15, 0.2) is 5.69 Å². The van der Waals surface area contributed by atoms with Gasteiger partial charge in [-0.05, 0) is 12.1 Å². The molecule has 3 aromatic rings. The molecule has 1 aromatic carbocycles. The molecule has 0 unspecified atom stereocenters. The summed E-state index contributed by atoms with van der Waals surface area (Å²) in [5.74, 6) is -0.795. The van der Waals surface area contributed by atoms with Crippen LogP contribution in [0, 0.1) is 0 Å². The molecule has 0 aliphatic heterocycles. The van der Waals surface area contributed by atoms with E-state index in [4.69, 9.17) is 0 Å². The normalized spacial score (nSPS) is 11.8. The van der Waals surface area contributed by atoms with Gasteiger partial charge in [0.1, 0.15) is 0 Å². The third-order valence-corrected chi connectivity index (χ3v) is 4.40. The minimum absolute atomic E-state index is 0.199. The molecule has 0 aliphatic rings. The topological polar surface area (TPSA) is 59.8 Å². The minimum atomic E-state index is -4.67. The van der Waals surface area contributed by atoms with Crippen molar-refractivity contribution in [3.05, 3.63) is 46.7 Å². The van der Waals surface area contributed by atoms with Gasteiger partial charge in [-0.1, -0.05) is 12.1 Å². The van der Waals surface area contributed by atoms with Gasteiger partial charge >= 0.3 is 6.18 Å². The first-order valence-electron chi connectivity index (χ1n) is 7.08. The van der Waals surface area contributed by atoms with Crippen molar-refractivity contribution in [2.45, 2.75) is 12.6 Å². The first-order valence-corrected chi connectivity index (χ1v) is 7.90. The maximum atomic E-state index is 12.9. The van der Waals surface area contributed by atoms with E-state index in [1.54, 1.807) is 0 Å². The van der Waals surface area contributed by atoms with E-state index in [9.17, 15) is 18.0 Å². The highest BCUT2D eigenvalue weighted by Gasteiger charge is 2.38. The first kappa shape index (κ1) is 16.4. The van der Waals surface area contributed by atoms with E-state index in [1.807, 2.05) is 24.3 Å². The van der Waals surface area contributed by atoms with Crippen LogP contribution in [0.2, 0.25) is 0 Å². The van der Waals surface area contributed by atoms with Crippen LogP contribution in [0.4, 0.5) is 13.2 Å². The van der Waals surface area contributed by atoms with Crippen molar-refractivity contribution >= 4 is 27.5 Å². The van der Waals surface area contributed by atoms with Gasteiger partial charge in [0.2, 0.25) is 0 Å². The predicted octanol–water partition coefficient (Wildman–Crippen LogP) is 3.02. The average Bonchev–Trinajstić information content (AvgIpc) is 3.09. The number of hydrogen-bond donors (Lipinski definition) is 1. The number of benzene rings is 1. The van der Waals surface area contributed by atoms with Crippen LogP contribution in [-0.2, 0) is 19.6 Å². The SMILES string of the molecule is Cn1cc(C(=O)NCCc2nc3ccccc3s2)c(C(F)(F)F)n1. The highest BCUT2D eigenvalue weighted by Crippen LogP contribution is 2.30. The molecular formula is C15H13F3N4OS. The summed E-state index contributed by atoms with van der Waals surface area (Å²) in [4.78, 5) is 16.4. The fourth-order valence-electron chi connectivity index (χ4n) is 2.27. The van der Waals surface area contributed by atoms with E-state index in [-0.39, 0.29) is 6.54 Å². The molecule has 0 bridgehead atoms. The highest BCUT2D eigenvalue weighted by atomic mass is 32.1. The number of hydrogen-bond acceptors (Lipinski definition) is 4. The number of thiazole rings is 1. The standard InChI is InChI=1S/C15H13F3N4OS/c1-22-8-9(13(21-22)15(16,17)18)14(23)19-7-6-12-20-10-4-2-3-5-11(10)24-12/h2-5,8H,6-7H2,1H3,(H,19,23). The number of amides is 1. The predicted molar refractivity (Wildman–Crippen MR) is 83.9 cm³/mol. The first-order chi connectivity index (χ1) is 11.3. The summed E-state index contributed by atoms with van der Waals surface area (Å²) in [5.41, 5.74) is -0.785. The van der Waals surface area contributed by atoms with Crippen LogP contribution in [-0.4, -0.2) is 27.2 Å². The Kier molecular flexibility index (Phi) is 4.27.